The van der Waals surface area contributed by atoms with Crippen molar-refractivity contribution in [3.63, 3.8) is 0 Å². The first-order valence-corrected chi connectivity index (χ1v) is 10.4. The molecule has 0 atom stereocenters. The molecule has 0 spiro atoms. The van der Waals surface area contributed by atoms with Gasteiger partial charge in [-0.1, -0.05) is 11.6 Å². The molecule has 1 saturated heterocycles. The van der Waals surface area contributed by atoms with Crippen LogP contribution in [-0.4, -0.2) is 69.4 Å². The molecule has 1 aromatic rings. The Bertz CT molecular complexity index is 734. The Hall–Kier alpha value is -1.35. The van der Waals surface area contributed by atoms with Gasteiger partial charge in [-0.15, -0.1) is 0 Å². The summed E-state index contributed by atoms with van der Waals surface area (Å²) in [5.41, 5.74) is 0. The van der Waals surface area contributed by atoms with E-state index in [1.54, 1.807) is 24.8 Å². The Morgan fingerprint density at radius 3 is 2.58 bits per heavy atom. The Balaban J connectivity index is 2.20. The molecule has 0 aliphatic carbocycles. The van der Waals surface area contributed by atoms with E-state index in [4.69, 9.17) is 16.3 Å². The fraction of sp³-hybridized carbons (Fsp3) is 0.588. The lowest BCUT2D eigenvalue weighted by Gasteiger charge is -2.30. The van der Waals surface area contributed by atoms with Crippen molar-refractivity contribution in [2.24, 2.45) is 0 Å². The Labute approximate surface area is 160 Å². The quantitative estimate of drug-likeness (QED) is 0.747. The molecular formula is C17H26ClN3O4S. The number of nitrogens with one attached hydrogen (secondary N) is 1. The van der Waals surface area contributed by atoms with Crippen molar-refractivity contribution >= 4 is 27.5 Å². The Kier molecular flexibility index (Phi) is 7.28. The number of halogens is 1. The number of benzene rings is 1. The number of carbonyl (C=O) groups is 1. The molecule has 0 bridgehead atoms. The summed E-state index contributed by atoms with van der Waals surface area (Å²) in [5.74, 6) is 0.193. The topological polar surface area (TPSA) is 79.0 Å². The van der Waals surface area contributed by atoms with Crippen LogP contribution in [0.4, 0.5) is 0 Å². The zero-order chi connectivity index (χ0) is 19.3. The summed E-state index contributed by atoms with van der Waals surface area (Å²) >= 11 is 5.99. The van der Waals surface area contributed by atoms with Crippen molar-refractivity contribution in [3.05, 3.63) is 23.2 Å². The third kappa shape index (κ3) is 4.88. The molecule has 7 nitrogen and oxygen atoms in total. The van der Waals surface area contributed by atoms with Crippen LogP contribution in [0.2, 0.25) is 5.02 Å². The number of hydrogen-bond acceptors (Lipinski definition) is 5. The lowest BCUT2D eigenvalue weighted by molar-refractivity contribution is -0.131. The zero-order valence-corrected chi connectivity index (χ0v) is 16.9. The van der Waals surface area contributed by atoms with Gasteiger partial charge in [0.1, 0.15) is 10.6 Å². The molecule has 0 unspecified atom stereocenters. The summed E-state index contributed by atoms with van der Waals surface area (Å²) in [7, 11) is -2.44. The highest BCUT2D eigenvalue weighted by Crippen LogP contribution is 2.30. The van der Waals surface area contributed by atoms with Crippen LogP contribution in [-0.2, 0) is 14.8 Å². The molecule has 2 rings (SSSR count). The number of sulfonamides is 1. The minimum atomic E-state index is -3.85. The first kappa shape index (κ1) is 21.0. The first-order chi connectivity index (χ1) is 12.3. The standard InChI is InChI=1S/C17H26ClN3O4S/c1-13(2)21(9-6-17(22)20-10-7-19-8-11-20)26(23,24)16-12-14(18)4-5-15(16)25-3/h4-5,12-13,19H,6-11H2,1-3H3. The minimum absolute atomic E-state index is 0.0100. The van der Waals surface area contributed by atoms with Gasteiger partial charge in [-0.3, -0.25) is 4.79 Å². The number of hydrogen-bond donors (Lipinski definition) is 1. The van der Waals surface area contributed by atoms with Gasteiger partial charge in [-0.05, 0) is 32.0 Å². The average Bonchev–Trinajstić information content (AvgIpc) is 2.62. The van der Waals surface area contributed by atoms with Crippen molar-refractivity contribution in [3.8, 4) is 5.75 Å². The molecule has 26 heavy (non-hydrogen) atoms. The highest BCUT2D eigenvalue weighted by molar-refractivity contribution is 7.89. The van der Waals surface area contributed by atoms with Gasteiger partial charge >= 0.3 is 0 Å². The second kappa shape index (κ2) is 9.03. The van der Waals surface area contributed by atoms with Crippen LogP contribution < -0.4 is 10.1 Å². The summed E-state index contributed by atoms with van der Waals surface area (Å²) in [6.07, 6.45) is 0.139. The molecule has 1 amide bonds. The van der Waals surface area contributed by atoms with E-state index in [1.807, 2.05) is 0 Å². The highest BCUT2D eigenvalue weighted by Gasteiger charge is 2.31. The molecule has 0 saturated carbocycles. The average molecular weight is 404 g/mol. The number of methoxy groups -OCH3 is 1. The van der Waals surface area contributed by atoms with Crippen LogP contribution in [0.3, 0.4) is 0 Å². The molecule has 1 aliphatic rings. The number of nitrogens with zero attached hydrogens (tertiary/aromatic N) is 2. The van der Waals surface area contributed by atoms with Gasteiger partial charge in [0.05, 0.1) is 7.11 Å². The zero-order valence-electron chi connectivity index (χ0n) is 15.4. The van der Waals surface area contributed by atoms with E-state index in [2.05, 4.69) is 5.32 Å². The maximum Gasteiger partial charge on any atom is 0.247 e. The monoisotopic (exact) mass is 403 g/mol. The van der Waals surface area contributed by atoms with Crippen LogP contribution in [0, 0.1) is 0 Å². The number of rotatable bonds is 7. The fourth-order valence-electron chi connectivity index (χ4n) is 2.91. The summed E-state index contributed by atoms with van der Waals surface area (Å²) in [5, 5.41) is 3.50. The van der Waals surface area contributed by atoms with Gasteiger partial charge in [0.15, 0.2) is 0 Å². The number of ether oxygens (including phenoxy) is 1. The van der Waals surface area contributed by atoms with E-state index in [9.17, 15) is 13.2 Å². The van der Waals surface area contributed by atoms with Crippen molar-refractivity contribution < 1.29 is 17.9 Å². The molecular weight excluding hydrogens is 378 g/mol. The molecule has 146 valence electrons. The van der Waals surface area contributed by atoms with E-state index >= 15 is 0 Å². The lowest BCUT2D eigenvalue weighted by Crippen LogP contribution is -2.47. The maximum atomic E-state index is 13.1. The molecule has 1 heterocycles. The summed E-state index contributed by atoms with van der Waals surface area (Å²) in [6.45, 7) is 6.49. The van der Waals surface area contributed by atoms with Gasteiger partial charge in [0, 0.05) is 50.2 Å². The summed E-state index contributed by atoms with van der Waals surface area (Å²) < 4.78 is 32.8. The molecule has 0 radical (unpaired) electrons. The van der Waals surface area contributed by atoms with Crippen LogP contribution in [0.5, 0.6) is 5.75 Å². The van der Waals surface area contributed by atoms with Crippen LogP contribution >= 0.6 is 11.6 Å². The Morgan fingerprint density at radius 1 is 1.35 bits per heavy atom. The minimum Gasteiger partial charge on any atom is -0.495 e. The van der Waals surface area contributed by atoms with E-state index in [1.165, 1.54) is 23.5 Å². The fourth-order valence-corrected chi connectivity index (χ4v) is 4.97. The van der Waals surface area contributed by atoms with Gasteiger partial charge in [-0.25, -0.2) is 8.42 Å². The SMILES string of the molecule is COc1ccc(Cl)cc1S(=O)(=O)N(CCC(=O)N1CCNCC1)C(C)C. The lowest BCUT2D eigenvalue weighted by atomic mass is 10.3. The molecule has 1 fully saturated rings. The summed E-state index contributed by atoms with van der Waals surface area (Å²) in [4.78, 5) is 14.2. The van der Waals surface area contributed by atoms with E-state index in [-0.39, 0.29) is 35.6 Å². The van der Waals surface area contributed by atoms with Crippen molar-refractivity contribution in [2.45, 2.75) is 31.2 Å². The molecule has 1 aromatic carbocycles. The largest absolute Gasteiger partial charge is 0.495 e. The van der Waals surface area contributed by atoms with E-state index < -0.39 is 10.0 Å². The Morgan fingerprint density at radius 2 is 2.00 bits per heavy atom. The number of carbonyl (C=O) groups excluding carboxylic acids is 1. The van der Waals surface area contributed by atoms with E-state index in [0.29, 0.717) is 18.1 Å². The third-order valence-electron chi connectivity index (χ3n) is 4.30. The van der Waals surface area contributed by atoms with Crippen molar-refractivity contribution in [2.75, 3.05) is 39.8 Å². The molecule has 9 heteroatoms. The van der Waals surface area contributed by atoms with Crippen LogP contribution in [0.15, 0.2) is 23.1 Å². The summed E-state index contributed by atoms with van der Waals surface area (Å²) in [6, 6.07) is 4.18. The van der Waals surface area contributed by atoms with Gasteiger partial charge in [-0.2, -0.15) is 4.31 Å². The highest BCUT2D eigenvalue weighted by atomic mass is 35.5. The molecule has 1 N–H and O–H groups in total. The van der Waals surface area contributed by atoms with Crippen LogP contribution in [0.25, 0.3) is 0 Å². The predicted molar refractivity (Wildman–Crippen MR) is 101 cm³/mol. The van der Waals surface area contributed by atoms with Crippen molar-refractivity contribution in [1.29, 1.82) is 0 Å². The van der Waals surface area contributed by atoms with Crippen molar-refractivity contribution in [1.82, 2.24) is 14.5 Å². The normalized spacial score (nSPS) is 15.5. The second-order valence-corrected chi connectivity index (χ2v) is 8.68. The van der Waals surface area contributed by atoms with Gasteiger partial charge in [0.25, 0.3) is 0 Å². The number of amides is 1. The smallest absolute Gasteiger partial charge is 0.247 e. The molecule has 0 aromatic heterocycles. The van der Waals surface area contributed by atoms with Gasteiger partial charge < -0.3 is 15.0 Å². The predicted octanol–water partition coefficient (Wildman–Crippen LogP) is 1.57. The van der Waals surface area contributed by atoms with Crippen LogP contribution in [0.1, 0.15) is 20.3 Å². The maximum absolute atomic E-state index is 13.1. The number of piperazine rings is 1. The molecule has 1 aliphatic heterocycles. The second-order valence-electron chi connectivity index (χ2n) is 6.39. The third-order valence-corrected chi connectivity index (χ3v) is 6.64. The van der Waals surface area contributed by atoms with E-state index in [0.717, 1.165) is 13.1 Å². The first-order valence-electron chi connectivity index (χ1n) is 8.61. The van der Waals surface area contributed by atoms with Gasteiger partial charge in [0.2, 0.25) is 15.9 Å².